The number of amides is 2. The predicted molar refractivity (Wildman–Crippen MR) is 153 cm³/mol. The molecule has 38 heavy (non-hydrogen) atoms. The summed E-state index contributed by atoms with van der Waals surface area (Å²) in [5, 5.41) is 3.51. The second-order valence-corrected chi connectivity index (χ2v) is 12.0. The molecule has 2 amide bonds. The molecule has 0 unspecified atom stereocenters. The van der Waals surface area contributed by atoms with Crippen LogP contribution >= 0.6 is 46.4 Å². The number of hydrogen-bond donors (Lipinski definition) is 1. The molecule has 0 spiro atoms. The normalized spacial score (nSPS) is 12.1. The number of carbonyl (C=O) groups is 2. The molecule has 0 aliphatic rings. The molecule has 202 valence electrons. The van der Waals surface area contributed by atoms with Crippen molar-refractivity contribution in [2.75, 3.05) is 17.9 Å². The first-order valence-electron chi connectivity index (χ1n) is 11.3. The first-order chi connectivity index (χ1) is 17.8. The largest absolute Gasteiger partial charge is 0.357 e. The Kier molecular flexibility index (Phi) is 9.95. The predicted octanol–water partition coefficient (Wildman–Crippen LogP) is 5.97. The first-order valence-corrected chi connectivity index (χ1v) is 14.3. The van der Waals surface area contributed by atoms with E-state index in [4.69, 9.17) is 46.4 Å². The quantitative estimate of drug-likeness (QED) is 0.321. The fourth-order valence-corrected chi connectivity index (χ4v) is 5.98. The van der Waals surface area contributed by atoms with Crippen LogP contribution in [-0.2, 0) is 26.2 Å². The summed E-state index contributed by atoms with van der Waals surface area (Å²) in [5.41, 5.74) is 1.40. The van der Waals surface area contributed by atoms with Gasteiger partial charge in [0, 0.05) is 28.7 Å². The van der Waals surface area contributed by atoms with Crippen LogP contribution in [0.4, 0.5) is 5.69 Å². The van der Waals surface area contributed by atoms with E-state index in [1.165, 1.54) is 55.3 Å². The van der Waals surface area contributed by atoms with Gasteiger partial charge in [0.25, 0.3) is 10.0 Å². The Morgan fingerprint density at radius 1 is 0.895 bits per heavy atom. The van der Waals surface area contributed by atoms with Crippen molar-refractivity contribution in [3.63, 3.8) is 0 Å². The van der Waals surface area contributed by atoms with E-state index in [-0.39, 0.29) is 27.2 Å². The van der Waals surface area contributed by atoms with Crippen molar-refractivity contribution in [3.05, 3.63) is 91.9 Å². The Hall–Kier alpha value is -2.49. The van der Waals surface area contributed by atoms with Crippen LogP contribution < -0.4 is 9.62 Å². The van der Waals surface area contributed by atoms with E-state index in [2.05, 4.69) is 5.32 Å². The van der Waals surface area contributed by atoms with E-state index in [0.717, 1.165) is 9.87 Å². The average Bonchev–Trinajstić information content (AvgIpc) is 2.87. The molecule has 0 aliphatic carbocycles. The van der Waals surface area contributed by atoms with Gasteiger partial charge in [0.1, 0.15) is 12.6 Å². The summed E-state index contributed by atoms with van der Waals surface area (Å²) in [6.45, 7) is 2.62. The lowest BCUT2D eigenvalue weighted by Gasteiger charge is -2.32. The first kappa shape index (κ1) is 30.1. The van der Waals surface area contributed by atoms with Crippen molar-refractivity contribution in [2.24, 2.45) is 0 Å². The average molecular weight is 617 g/mol. The number of hydrogen-bond acceptors (Lipinski definition) is 4. The molecular weight excluding hydrogens is 592 g/mol. The molecule has 3 aromatic carbocycles. The molecule has 0 aliphatic heterocycles. The molecule has 7 nitrogen and oxygen atoms in total. The lowest BCUT2D eigenvalue weighted by atomic mass is 10.1. The molecule has 0 aromatic heterocycles. The van der Waals surface area contributed by atoms with Crippen LogP contribution in [0.15, 0.2) is 65.6 Å². The third-order valence-corrected chi connectivity index (χ3v) is 8.75. The number of aryl methyl sites for hydroxylation is 1. The minimum atomic E-state index is -4.28. The summed E-state index contributed by atoms with van der Waals surface area (Å²) in [5.74, 6) is -1.11. The number of halogens is 4. The summed E-state index contributed by atoms with van der Waals surface area (Å²) >= 11 is 24.9. The van der Waals surface area contributed by atoms with E-state index >= 15 is 0 Å². The fraction of sp³-hybridized carbons (Fsp3) is 0.231. The summed E-state index contributed by atoms with van der Waals surface area (Å²) in [4.78, 5) is 27.6. The van der Waals surface area contributed by atoms with Gasteiger partial charge in [-0.05, 0) is 61.9 Å². The zero-order valence-corrected chi connectivity index (χ0v) is 24.6. The smallest absolute Gasteiger partial charge is 0.264 e. The maximum atomic E-state index is 13.8. The monoisotopic (exact) mass is 615 g/mol. The van der Waals surface area contributed by atoms with Gasteiger partial charge in [-0.25, -0.2) is 8.42 Å². The maximum absolute atomic E-state index is 13.8. The summed E-state index contributed by atoms with van der Waals surface area (Å²) in [6.07, 6.45) is 0. The van der Waals surface area contributed by atoms with E-state index < -0.39 is 34.4 Å². The van der Waals surface area contributed by atoms with E-state index in [0.29, 0.717) is 15.6 Å². The molecule has 0 saturated carbocycles. The highest BCUT2D eigenvalue weighted by atomic mass is 35.5. The molecular formula is C26H25Cl4N3O4S. The van der Waals surface area contributed by atoms with Gasteiger partial charge in [0.2, 0.25) is 11.8 Å². The van der Waals surface area contributed by atoms with Crippen molar-refractivity contribution in [1.29, 1.82) is 0 Å². The maximum Gasteiger partial charge on any atom is 0.264 e. The number of nitrogens with one attached hydrogen (secondary N) is 1. The van der Waals surface area contributed by atoms with E-state index in [9.17, 15) is 18.0 Å². The number of carbonyl (C=O) groups excluding carboxylic acids is 2. The molecule has 0 bridgehead atoms. The van der Waals surface area contributed by atoms with Crippen molar-refractivity contribution >= 4 is 73.9 Å². The topological polar surface area (TPSA) is 86.8 Å². The number of rotatable bonds is 9. The highest BCUT2D eigenvalue weighted by Crippen LogP contribution is 2.33. The Morgan fingerprint density at radius 2 is 1.50 bits per heavy atom. The SMILES string of the molecule is CNC(=O)[C@H](C)N(Cc1ccc(Cl)cc1Cl)C(=O)CN(c1cc(Cl)ccc1Cl)S(=O)(=O)c1ccc(C)cc1. The van der Waals surface area contributed by atoms with Gasteiger partial charge in [-0.3, -0.25) is 13.9 Å². The molecule has 0 saturated heterocycles. The van der Waals surface area contributed by atoms with Gasteiger partial charge in [-0.1, -0.05) is 70.2 Å². The van der Waals surface area contributed by atoms with Crippen LogP contribution in [0, 0.1) is 6.92 Å². The Labute approximate surface area is 242 Å². The summed E-state index contributed by atoms with van der Waals surface area (Å²) < 4.78 is 28.5. The molecule has 0 radical (unpaired) electrons. The van der Waals surface area contributed by atoms with Crippen LogP contribution in [-0.4, -0.2) is 44.8 Å². The molecule has 12 heteroatoms. The van der Waals surface area contributed by atoms with Crippen LogP contribution in [0.2, 0.25) is 20.1 Å². The van der Waals surface area contributed by atoms with Gasteiger partial charge in [-0.2, -0.15) is 0 Å². The summed E-state index contributed by atoms with van der Waals surface area (Å²) in [6, 6.07) is 14.3. The minimum absolute atomic E-state index is 0.0187. The number of anilines is 1. The molecule has 1 N–H and O–H groups in total. The number of sulfonamides is 1. The molecule has 1 atom stereocenters. The molecule has 0 heterocycles. The number of likely N-dealkylation sites (N-methyl/N-ethyl adjacent to an activating group) is 1. The third-order valence-electron chi connectivity index (χ3n) is 5.83. The van der Waals surface area contributed by atoms with Gasteiger partial charge >= 0.3 is 0 Å². The highest BCUT2D eigenvalue weighted by molar-refractivity contribution is 7.92. The number of benzene rings is 3. The van der Waals surface area contributed by atoms with Crippen LogP contribution in [0.25, 0.3) is 0 Å². The molecule has 0 fully saturated rings. The Balaban J connectivity index is 2.09. The molecule has 3 aromatic rings. The van der Waals surface area contributed by atoms with Crippen molar-refractivity contribution in [2.45, 2.75) is 31.3 Å². The molecule has 3 rings (SSSR count). The Morgan fingerprint density at radius 3 is 2.11 bits per heavy atom. The van der Waals surface area contributed by atoms with Crippen molar-refractivity contribution < 1.29 is 18.0 Å². The van der Waals surface area contributed by atoms with Crippen LogP contribution in [0.5, 0.6) is 0 Å². The summed E-state index contributed by atoms with van der Waals surface area (Å²) in [7, 11) is -2.84. The van der Waals surface area contributed by atoms with Gasteiger partial charge in [0.15, 0.2) is 0 Å². The fourth-order valence-electron chi connectivity index (χ4n) is 3.65. The second-order valence-electron chi connectivity index (χ2n) is 8.47. The van der Waals surface area contributed by atoms with Gasteiger partial charge in [0.05, 0.1) is 15.6 Å². The standard InChI is InChI=1S/C26H25Cl4N3O4S/c1-16-4-9-21(10-5-16)38(36,37)33(24-13-20(28)8-11-22(24)29)15-25(34)32(17(2)26(35)31-3)14-18-6-7-19(27)12-23(18)30/h4-13,17H,14-15H2,1-3H3,(H,31,35)/t17-/m0/s1. The third kappa shape index (κ3) is 6.93. The van der Waals surface area contributed by atoms with E-state index in [1.807, 2.05) is 6.92 Å². The highest BCUT2D eigenvalue weighted by Gasteiger charge is 2.33. The second kappa shape index (κ2) is 12.6. The van der Waals surface area contributed by atoms with E-state index in [1.54, 1.807) is 24.3 Å². The zero-order chi connectivity index (χ0) is 28.2. The van der Waals surface area contributed by atoms with Crippen LogP contribution in [0.1, 0.15) is 18.1 Å². The number of nitrogens with zero attached hydrogens (tertiary/aromatic N) is 2. The minimum Gasteiger partial charge on any atom is -0.357 e. The van der Waals surface area contributed by atoms with Gasteiger partial charge < -0.3 is 10.2 Å². The van der Waals surface area contributed by atoms with Crippen LogP contribution in [0.3, 0.4) is 0 Å². The Bertz CT molecular complexity index is 1450. The van der Waals surface area contributed by atoms with Crippen molar-refractivity contribution in [3.8, 4) is 0 Å². The van der Waals surface area contributed by atoms with Crippen molar-refractivity contribution in [1.82, 2.24) is 10.2 Å². The lowest BCUT2D eigenvalue weighted by Crippen LogP contribution is -2.50. The zero-order valence-electron chi connectivity index (χ0n) is 20.7. The van der Waals surface area contributed by atoms with Gasteiger partial charge in [-0.15, -0.1) is 0 Å². The lowest BCUT2D eigenvalue weighted by molar-refractivity contribution is -0.139.